The van der Waals surface area contributed by atoms with E-state index >= 15 is 0 Å². The van der Waals surface area contributed by atoms with E-state index in [-0.39, 0.29) is 10.6 Å². The molecule has 0 aliphatic heterocycles. The normalized spacial score (nSPS) is 11.4. The van der Waals surface area contributed by atoms with Crippen LogP contribution < -0.4 is 0 Å². The lowest BCUT2D eigenvalue weighted by Gasteiger charge is -2.02. The van der Waals surface area contributed by atoms with Gasteiger partial charge in [-0.05, 0) is 16.7 Å². The summed E-state index contributed by atoms with van der Waals surface area (Å²) in [6.45, 7) is 0.538. The van der Waals surface area contributed by atoms with E-state index < -0.39 is 0 Å². The lowest BCUT2D eigenvalue weighted by atomic mass is 10.1. The number of allylic oxidation sites excluding steroid dienone is 1. The fourth-order valence-corrected chi connectivity index (χ4v) is 2.04. The molecule has 0 aliphatic rings. The summed E-state index contributed by atoms with van der Waals surface area (Å²) in [5.74, 6) is 0. The molecule has 0 saturated heterocycles. The van der Waals surface area contributed by atoms with Gasteiger partial charge in [-0.25, -0.2) is 0 Å². The number of ether oxygens (including phenoxy) is 1. The third-order valence-corrected chi connectivity index (χ3v) is 3.09. The number of rotatable bonds is 6. The van der Waals surface area contributed by atoms with Gasteiger partial charge in [0.05, 0.1) is 18.0 Å². The van der Waals surface area contributed by atoms with Gasteiger partial charge in [0.25, 0.3) is 5.70 Å². The number of hydrogen-bond acceptors (Lipinski definition) is 3. The van der Waals surface area contributed by atoms with Crippen LogP contribution in [0, 0.1) is 10.1 Å². The zero-order chi connectivity index (χ0) is 15.1. The zero-order valence-corrected chi connectivity index (χ0v) is 11.9. The maximum atomic E-state index is 11.2. The fourth-order valence-electron chi connectivity index (χ4n) is 2.04. The maximum Gasteiger partial charge on any atom is 0.251 e. The first-order valence-electron chi connectivity index (χ1n) is 6.66. The minimum absolute atomic E-state index is 0.181. The molecule has 0 aliphatic carbocycles. The Morgan fingerprint density at radius 3 is 2.33 bits per heavy atom. The van der Waals surface area contributed by atoms with Gasteiger partial charge in [-0.2, -0.15) is 0 Å². The van der Waals surface area contributed by atoms with Crippen molar-refractivity contribution in [3.8, 4) is 0 Å². The molecule has 0 heterocycles. The SMILES string of the molecule is COCc1ccc(C=C(Cc2ccccc2)[N+](=O)[O-])cc1. The van der Waals surface area contributed by atoms with E-state index in [2.05, 4.69) is 0 Å². The molecule has 21 heavy (non-hydrogen) atoms. The summed E-state index contributed by atoms with van der Waals surface area (Å²) in [4.78, 5) is 10.9. The molecule has 0 N–H and O–H groups in total. The fraction of sp³-hybridized carbons (Fsp3) is 0.176. The minimum Gasteiger partial charge on any atom is -0.380 e. The van der Waals surface area contributed by atoms with E-state index in [9.17, 15) is 10.1 Å². The molecule has 2 rings (SSSR count). The van der Waals surface area contributed by atoms with Crippen LogP contribution in [-0.2, 0) is 17.8 Å². The first-order chi connectivity index (χ1) is 10.2. The van der Waals surface area contributed by atoms with Crippen LogP contribution in [-0.4, -0.2) is 12.0 Å². The van der Waals surface area contributed by atoms with Gasteiger partial charge in [-0.1, -0.05) is 54.6 Å². The second-order valence-electron chi connectivity index (χ2n) is 4.73. The lowest BCUT2D eigenvalue weighted by Crippen LogP contribution is -2.02. The predicted octanol–water partition coefficient (Wildman–Crippen LogP) is 3.69. The van der Waals surface area contributed by atoms with Crippen molar-refractivity contribution < 1.29 is 9.66 Å². The molecule has 2 aromatic carbocycles. The van der Waals surface area contributed by atoms with E-state index in [1.165, 1.54) is 0 Å². The average Bonchev–Trinajstić information content (AvgIpc) is 2.50. The molecule has 0 fully saturated rings. The van der Waals surface area contributed by atoms with Crippen molar-refractivity contribution in [2.45, 2.75) is 13.0 Å². The van der Waals surface area contributed by atoms with Crippen LogP contribution in [0.15, 0.2) is 60.3 Å². The summed E-state index contributed by atoms with van der Waals surface area (Å²) in [5.41, 5.74) is 2.97. The van der Waals surface area contributed by atoms with Crippen molar-refractivity contribution in [3.63, 3.8) is 0 Å². The molecule has 4 nitrogen and oxygen atoms in total. The van der Waals surface area contributed by atoms with E-state index in [4.69, 9.17) is 4.74 Å². The van der Waals surface area contributed by atoms with Crippen molar-refractivity contribution >= 4 is 6.08 Å². The van der Waals surface area contributed by atoms with E-state index in [0.717, 1.165) is 16.7 Å². The largest absolute Gasteiger partial charge is 0.380 e. The molecule has 2 aromatic rings. The van der Waals surface area contributed by atoms with Crippen LogP contribution in [0.4, 0.5) is 0 Å². The Hall–Kier alpha value is -2.46. The van der Waals surface area contributed by atoms with Gasteiger partial charge in [0.2, 0.25) is 0 Å². The monoisotopic (exact) mass is 283 g/mol. The Morgan fingerprint density at radius 2 is 1.76 bits per heavy atom. The highest BCUT2D eigenvalue weighted by molar-refractivity contribution is 5.52. The summed E-state index contributed by atoms with van der Waals surface area (Å²) in [6.07, 6.45) is 1.93. The standard InChI is InChI=1S/C17H17NO3/c1-21-13-16-9-7-15(8-10-16)12-17(18(19)20)11-14-5-3-2-4-6-14/h2-10,12H,11,13H2,1H3. The first-order valence-corrected chi connectivity index (χ1v) is 6.66. The molecule has 0 saturated carbocycles. The molecule has 0 aromatic heterocycles. The second kappa shape index (κ2) is 7.36. The van der Waals surface area contributed by atoms with Crippen LogP contribution in [0.5, 0.6) is 0 Å². The summed E-state index contributed by atoms with van der Waals surface area (Å²) < 4.78 is 5.04. The predicted molar refractivity (Wildman–Crippen MR) is 82.3 cm³/mol. The number of benzene rings is 2. The summed E-state index contributed by atoms with van der Waals surface area (Å²) in [6, 6.07) is 17.0. The third-order valence-electron chi connectivity index (χ3n) is 3.09. The highest BCUT2D eigenvalue weighted by atomic mass is 16.6. The van der Waals surface area contributed by atoms with Gasteiger partial charge >= 0.3 is 0 Å². The summed E-state index contributed by atoms with van der Waals surface area (Å²) in [7, 11) is 1.64. The Morgan fingerprint density at radius 1 is 1.10 bits per heavy atom. The first kappa shape index (κ1) is 14.9. The maximum absolute atomic E-state index is 11.2. The molecule has 0 spiro atoms. The van der Waals surface area contributed by atoms with Gasteiger partial charge in [-0.15, -0.1) is 0 Å². The van der Waals surface area contributed by atoms with E-state index in [0.29, 0.717) is 13.0 Å². The van der Waals surface area contributed by atoms with Gasteiger partial charge in [0.15, 0.2) is 0 Å². The molecule has 0 unspecified atom stereocenters. The van der Waals surface area contributed by atoms with Crippen LogP contribution in [0.3, 0.4) is 0 Å². The van der Waals surface area contributed by atoms with Crippen LogP contribution >= 0.6 is 0 Å². The Labute approximate surface area is 123 Å². The quantitative estimate of drug-likeness (QED) is 0.600. The smallest absolute Gasteiger partial charge is 0.251 e. The third kappa shape index (κ3) is 4.54. The molecular formula is C17H17NO3. The molecule has 0 bridgehead atoms. The molecule has 108 valence electrons. The topological polar surface area (TPSA) is 52.4 Å². The number of hydrogen-bond donors (Lipinski definition) is 0. The Kier molecular flexibility index (Phi) is 5.23. The molecular weight excluding hydrogens is 266 g/mol. The minimum atomic E-state index is -0.323. The van der Waals surface area contributed by atoms with Gasteiger partial charge in [-0.3, -0.25) is 10.1 Å². The second-order valence-corrected chi connectivity index (χ2v) is 4.73. The van der Waals surface area contributed by atoms with Gasteiger partial charge in [0.1, 0.15) is 0 Å². The van der Waals surface area contributed by atoms with Gasteiger partial charge < -0.3 is 4.74 Å². The van der Waals surface area contributed by atoms with Crippen molar-refractivity contribution in [2.24, 2.45) is 0 Å². The molecule has 0 amide bonds. The summed E-state index contributed by atoms with van der Waals surface area (Å²) >= 11 is 0. The Bertz CT molecular complexity index is 618. The molecule has 4 heteroatoms. The van der Waals surface area contributed by atoms with Crippen molar-refractivity contribution in [2.75, 3.05) is 7.11 Å². The highest BCUT2D eigenvalue weighted by Crippen LogP contribution is 2.14. The molecule has 0 radical (unpaired) electrons. The van der Waals surface area contributed by atoms with Crippen LogP contribution in [0.1, 0.15) is 16.7 Å². The van der Waals surface area contributed by atoms with Crippen LogP contribution in [0.25, 0.3) is 6.08 Å². The number of nitrogens with zero attached hydrogens (tertiary/aromatic N) is 1. The zero-order valence-electron chi connectivity index (χ0n) is 11.9. The van der Waals surface area contributed by atoms with E-state index in [1.807, 2.05) is 54.6 Å². The highest BCUT2D eigenvalue weighted by Gasteiger charge is 2.11. The number of methoxy groups -OCH3 is 1. The lowest BCUT2D eigenvalue weighted by molar-refractivity contribution is -0.425. The molecule has 0 atom stereocenters. The van der Waals surface area contributed by atoms with Crippen molar-refractivity contribution in [1.82, 2.24) is 0 Å². The summed E-state index contributed by atoms with van der Waals surface area (Å²) in [5, 5.41) is 11.2. The average molecular weight is 283 g/mol. The Balaban J connectivity index is 2.19. The van der Waals surface area contributed by atoms with E-state index in [1.54, 1.807) is 13.2 Å². The number of nitro groups is 1. The van der Waals surface area contributed by atoms with Gasteiger partial charge in [0, 0.05) is 13.2 Å². The van der Waals surface area contributed by atoms with Crippen LogP contribution in [0.2, 0.25) is 0 Å². The van der Waals surface area contributed by atoms with Crippen molar-refractivity contribution in [1.29, 1.82) is 0 Å². The van der Waals surface area contributed by atoms with Crippen molar-refractivity contribution in [3.05, 3.63) is 87.1 Å².